The van der Waals surface area contributed by atoms with Crippen molar-refractivity contribution in [1.82, 2.24) is 0 Å². The second kappa shape index (κ2) is 5.32. The summed E-state index contributed by atoms with van der Waals surface area (Å²) in [6.07, 6.45) is 1.66. The second-order valence-corrected chi connectivity index (χ2v) is 3.06. The Morgan fingerprint density at radius 2 is 2.07 bits per heavy atom. The number of hydrogen-bond acceptors (Lipinski definition) is 3. The van der Waals surface area contributed by atoms with Gasteiger partial charge in [-0.2, -0.15) is 0 Å². The molecule has 0 spiro atoms. The van der Waals surface area contributed by atoms with Crippen LogP contribution in [0.5, 0.6) is 0 Å². The molecule has 0 atom stereocenters. The van der Waals surface area contributed by atoms with Gasteiger partial charge in [0.25, 0.3) is 0 Å². The van der Waals surface area contributed by atoms with E-state index in [1.165, 1.54) is 0 Å². The SMILES string of the molecule is Cl.Nc1cccc(NCc2ccco2)c1. The maximum Gasteiger partial charge on any atom is 0.122 e. The van der Waals surface area contributed by atoms with Crippen molar-refractivity contribution < 1.29 is 4.42 Å². The van der Waals surface area contributed by atoms with E-state index < -0.39 is 0 Å². The number of anilines is 2. The number of halogens is 1. The minimum Gasteiger partial charge on any atom is -0.467 e. The van der Waals surface area contributed by atoms with Crippen LogP contribution in [0.15, 0.2) is 47.1 Å². The lowest BCUT2D eigenvalue weighted by molar-refractivity contribution is 0.518. The summed E-state index contributed by atoms with van der Waals surface area (Å²) in [7, 11) is 0. The molecule has 3 nitrogen and oxygen atoms in total. The molecule has 0 unspecified atom stereocenters. The number of nitrogens with one attached hydrogen (secondary N) is 1. The highest BCUT2D eigenvalue weighted by Gasteiger charge is 1.95. The van der Waals surface area contributed by atoms with E-state index in [2.05, 4.69) is 5.32 Å². The summed E-state index contributed by atoms with van der Waals surface area (Å²) in [5.41, 5.74) is 7.40. The molecule has 0 fully saturated rings. The quantitative estimate of drug-likeness (QED) is 0.789. The molecule has 1 aromatic heterocycles. The largest absolute Gasteiger partial charge is 0.467 e. The molecule has 15 heavy (non-hydrogen) atoms. The van der Waals surface area contributed by atoms with Crippen molar-refractivity contribution in [3.63, 3.8) is 0 Å². The molecule has 3 N–H and O–H groups in total. The molecule has 0 saturated heterocycles. The minimum atomic E-state index is 0. The van der Waals surface area contributed by atoms with Crippen molar-refractivity contribution in [3.05, 3.63) is 48.4 Å². The first-order valence-electron chi connectivity index (χ1n) is 4.46. The lowest BCUT2D eigenvalue weighted by Gasteiger charge is -2.04. The summed E-state index contributed by atoms with van der Waals surface area (Å²) in [4.78, 5) is 0. The highest BCUT2D eigenvalue weighted by molar-refractivity contribution is 5.85. The second-order valence-electron chi connectivity index (χ2n) is 3.06. The smallest absolute Gasteiger partial charge is 0.122 e. The van der Waals surface area contributed by atoms with Gasteiger partial charge in [-0.3, -0.25) is 0 Å². The fourth-order valence-corrected chi connectivity index (χ4v) is 1.25. The number of nitrogens with two attached hydrogens (primary N) is 1. The first-order chi connectivity index (χ1) is 6.84. The van der Waals surface area contributed by atoms with Crippen LogP contribution >= 0.6 is 12.4 Å². The van der Waals surface area contributed by atoms with E-state index in [0.717, 1.165) is 17.1 Å². The molecule has 1 aromatic carbocycles. The number of hydrogen-bond donors (Lipinski definition) is 2. The van der Waals surface area contributed by atoms with Crippen LogP contribution in [0, 0.1) is 0 Å². The molecule has 80 valence electrons. The number of furan rings is 1. The Balaban J connectivity index is 0.00000112. The van der Waals surface area contributed by atoms with Gasteiger partial charge >= 0.3 is 0 Å². The Morgan fingerprint density at radius 3 is 2.73 bits per heavy atom. The van der Waals surface area contributed by atoms with Gasteiger partial charge in [0.1, 0.15) is 5.76 Å². The molecule has 1 heterocycles. The average molecular weight is 225 g/mol. The van der Waals surface area contributed by atoms with Gasteiger partial charge in [0.2, 0.25) is 0 Å². The topological polar surface area (TPSA) is 51.2 Å². The molecule has 2 aromatic rings. The first-order valence-corrected chi connectivity index (χ1v) is 4.46. The minimum absolute atomic E-state index is 0. The summed E-state index contributed by atoms with van der Waals surface area (Å²) >= 11 is 0. The Labute approximate surface area is 94.7 Å². The fraction of sp³-hybridized carbons (Fsp3) is 0.0909. The Bertz CT molecular complexity index is 401. The van der Waals surface area contributed by atoms with Gasteiger partial charge < -0.3 is 15.5 Å². The molecule has 2 rings (SSSR count). The maximum atomic E-state index is 5.64. The van der Waals surface area contributed by atoms with Crippen LogP contribution in [0.3, 0.4) is 0 Å². The van der Waals surface area contributed by atoms with Gasteiger partial charge in [-0.15, -0.1) is 12.4 Å². The highest BCUT2D eigenvalue weighted by atomic mass is 35.5. The zero-order chi connectivity index (χ0) is 9.80. The van der Waals surface area contributed by atoms with E-state index in [9.17, 15) is 0 Å². The Hall–Kier alpha value is -1.61. The third-order valence-corrected chi connectivity index (χ3v) is 1.93. The van der Waals surface area contributed by atoms with Crippen molar-refractivity contribution in [2.45, 2.75) is 6.54 Å². The van der Waals surface area contributed by atoms with E-state index >= 15 is 0 Å². The van der Waals surface area contributed by atoms with E-state index in [1.807, 2.05) is 36.4 Å². The third kappa shape index (κ3) is 3.22. The summed E-state index contributed by atoms with van der Waals surface area (Å²) in [5.74, 6) is 0.910. The molecule has 0 radical (unpaired) electrons. The highest BCUT2D eigenvalue weighted by Crippen LogP contribution is 2.13. The van der Waals surface area contributed by atoms with E-state index in [4.69, 9.17) is 10.2 Å². The lowest BCUT2D eigenvalue weighted by Crippen LogP contribution is -1.98. The number of rotatable bonds is 3. The molecule has 0 aliphatic heterocycles. The molecule has 0 aliphatic carbocycles. The summed E-state index contributed by atoms with van der Waals surface area (Å²) in [6, 6.07) is 11.4. The number of nitrogen functional groups attached to an aromatic ring is 1. The van der Waals surface area contributed by atoms with E-state index in [0.29, 0.717) is 6.54 Å². The van der Waals surface area contributed by atoms with Gasteiger partial charge in [0.15, 0.2) is 0 Å². The van der Waals surface area contributed by atoms with Crippen LogP contribution in [-0.4, -0.2) is 0 Å². The average Bonchev–Trinajstić information content (AvgIpc) is 2.67. The third-order valence-electron chi connectivity index (χ3n) is 1.93. The van der Waals surface area contributed by atoms with Crippen LogP contribution in [0.25, 0.3) is 0 Å². The van der Waals surface area contributed by atoms with Crippen molar-refractivity contribution in [3.8, 4) is 0 Å². The molecular formula is C11H13ClN2O. The van der Waals surface area contributed by atoms with Crippen LogP contribution in [0.1, 0.15) is 5.76 Å². The molecule has 0 bridgehead atoms. The van der Waals surface area contributed by atoms with Gasteiger partial charge in [0.05, 0.1) is 12.8 Å². The van der Waals surface area contributed by atoms with E-state index in [-0.39, 0.29) is 12.4 Å². The monoisotopic (exact) mass is 224 g/mol. The maximum absolute atomic E-state index is 5.64. The zero-order valence-electron chi connectivity index (χ0n) is 8.14. The summed E-state index contributed by atoms with van der Waals surface area (Å²) in [5, 5.41) is 3.21. The molecule has 0 aliphatic rings. The van der Waals surface area contributed by atoms with Crippen LogP contribution in [0.4, 0.5) is 11.4 Å². The normalized spacial score (nSPS) is 9.33. The summed E-state index contributed by atoms with van der Waals surface area (Å²) in [6.45, 7) is 0.677. The zero-order valence-corrected chi connectivity index (χ0v) is 8.96. The first kappa shape index (κ1) is 11.5. The number of benzene rings is 1. The van der Waals surface area contributed by atoms with E-state index in [1.54, 1.807) is 6.26 Å². The van der Waals surface area contributed by atoms with Crippen molar-refractivity contribution in [2.24, 2.45) is 0 Å². The van der Waals surface area contributed by atoms with Crippen LogP contribution in [0.2, 0.25) is 0 Å². The Morgan fingerprint density at radius 1 is 1.20 bits per heavy atom. The van der Waals surface area contributed by atoms with Gasteiger partial charge in [-0.25, -0.2) is 0 Å². The van der Waals surface area contributed by atoms with Crippen LogP contribution in [-0.2, 0) is 6.54 Å². The van der Waals surface area contributed by atoms with Crippen molar-refractivity contribution >= 4 is 23.8 Å². The van der Waals surface area contributed by atoms with Crippen molar-refractivity contribution in [1.29, 1.82) is 0 Å². The Kier molecular flexibility index (Phi) is 4.06. The standard InChI is InChI=1S/C11H12N2O.ClH/c12-9-3-1-4-10(7-9)13-8-11-5-2-6-14-11;/h1-7,13H,8,12H2;1H. The van der Waals surface area contributed by atoms with Crippen molar-refractivity contribution in [2.75, 3.05) is 11.1 Å². The summed E-state index contributed by atoms with van der Waals surface area (Å²) < 4.78 is 5.19. The molecule has 4 heteroatoms. The predicted molar refractivity (Wildman–Crippen MR) is 64.1 cm³/mol. The lowest BCUT2D eigenvalue weighted by atomic mass is 10.3. The van der Waals surface area contributed by atoms with Gasteiger partial charge in [-0.05, 0) is 30.3 Å². The predicted octanol–water partition coefficient (Wildman–Crippen LogP) is 2.90. The molecule has 0 saturated carbocycles. The molecule has 0 amide bonds. The fourth-order valence-electron chi connectivity index (χ4n) is 1.25. The van der Waals surface area contributed by atoms with Crippen LogP contribution < -0.4 is 11.1 Å². The van der Waals surface area contributed by atoms with Gasteiger partial charge in [0, 0.05) is 11.4 Å². The van der Waals surface area contributed by atoms with Gasteiger partial charge in [-0.1, -0.05) is 6.07 Å². The molecular weight excluding hydrogens is 212 g/mol.